The third-order valence-electron chi connectivity index (χ3n) is 6.33. The summed E-state index contributed by atoms with van der Waals surface area (Å²) in [7, 11) is 0. The molecule has 3 atom stereocenters. The molecule has 1 saturated heterocycles. The monoisotopic (exact) mass is 436 g/mol. The minimum absolute atomic E-state index is 0.272. The SMILES string of the molecule is Cc1cccc2sc([C@H]3CCN(C[C@H](O)COc4cccc5occc45)[C@@H](C)C3)nc12. The van der Waals surface area contributed by atoms with Crippen LogP contribution in [0.15, 0.2) is 53.1 Å². The summed E-state index contributed by atoms with van der Waals surface area (Å²) in [6.45, 7) is 6.25. The number of likely N-dealkylation sites (tertiary alicyclic amines) is 1. The van der Waals surface area contributed by atoms with Crippen LogP contribution in [0, 0.1) is 6.92 Å². The number of aromatic nitrogens is 1. The molecule has 1 aliphatic rings. The fourth-order valence-corrected chi connectivity index (χ4v) is 5.79. The molecule has 1 fully saturated rings. The molecule has 3 heterocycles. The number of rotatable bonds is 6. The maximum Gasteiger partial charge on any atom is 0.137 e. The van der Waals surface area contributed by atoms with Gasteiger partial charge in [0.05, 0.1) is 26.9 Å². The van der Waals surface area contributed by atoms with Crippen molar-refractivity contribution in [2.24, 2.45) is 0 Å². The van der Waals surface area contributed by atoms with E-state index in [0.717, 1.165) is 41.6 Å². The van der Waals surface area contributed by atoms with Crippen LogP contribution in [-0.2, 0) is 0 Å². The molecule has 0 aliphatic carbocycles. The summed E-state index contributed by atoms with van der Waals surface area (Å²) < 4.78 is 12.6. The van der Waals surface area contributed by atoms with Crippen molar-refractivity contribution in [1.82, 2.24) is 9.88 Å². The summed E-state index contributed by atoms with van der Waals surface area (Å²) in [5.74, 6) is 1.25. The van der Waals surface area contributed by atoms with Gasteiger partial charge in [-0.15, -0.1) is 11.3 Å². The smallest absolute Gasteiger partial charge is 0.137 e. The lowest BCUT2D eigenvalue weighted by molar-refractivity contribution is 0.0405. The predicted molar refractivity (Wildman–Crippen MR) is 125 cm³/mol. The maximum absolute atomic E-state index is 10.6. The zero-order chi connectivity index (χ0) is 21.4. The highest BCUT2D eigenvalue weighted by Crippen LogP contribution is 2.36. The number of hydrogen-bond acceptors (Lipinski definition) is 6. The summed E-state index contributed by atoms with van der Waals surface area (Å²) in [5, 5.41) is 12.8. The summed E-state index contributed by atoms with van der Waals surface area (Å²) in [6.07, 6.45) is 3.27. The lowest BCUT2D eigenvalue weighted by atomic mass is 9.92. The highest BCUT2D eigenvalue weighted by atomic mass is 32.1. The van der Waals surface area contributed by atoms with Gasteiger partial charge < -0.3 is 14.3 Å². The molecular weight excluding hydrogens is 408 g/mol. The molecule has 1 N–H and O–H groups in total. The average molecular weight is 437 g/mol. The minimum Gasteiger partial charge on any atom is -0.490 e. The Bertz CT molecular complexity index is 1180. The second kappa shape index (κ2) is 8.61. The third kappa shape index (κ3) is 4.20. The fraction of sp³-hybridized carbons (Fsp3) is 0.400. The number of thiazole rings is 1. The normalized spacial score (nSPS) is 21.0. The Hall–Kier alpha value is -2.41. The number of ether oxygens (including phenoxy) is 1. The van der Waals surface area contributed by atoms with Crippen LogP contribution >= 0.6 is 11.3 Å². The van der Waals surface area contributed by atoms with Crippen LogP contribution in [0.4, 0.5) is 0 Å². The van der Waals surface area contributed by atoms with Crippen molar-refractivity contribution in [3.63, 3.8) is 0 Å². The van der Waals surface area contributed by atoms with Gasteiger partial charge in [0.2, 0.25) is 0 Å². The van der Waals surface area contributed by atoms with Gasteiger partial charge in [0, 0.05) is 18.5 Å². The van der Waals surface area contributed by atoms with E-state index < -0.39 is 6.10 Å². The molecule has 2 aromatic heterocycles. The molecule has 5 rings (SSSR count). The zero-order valence-electron chi connectivity index (χ0n) is 18.0. The molecule has 0 radical (unpaired) electrons. The number of benzene rings is 2. The number of furan rings is 1. The molecule has 5 nitrogen and oxygen atoms in total. The van der Waals surface area contributed by atoms with Crippen molar-refractivity contribution in [2.45, 2.75) is 44.8 Å². The van der Waals surface area contributed by atoms with Gasteiger partial charge in [-0.05, 0) is 63.1 Å². The maximum atomic E-state index is 10.6. The molecule has 0 saturated carbocycles. The molecule has 2 aromatic carbocycles. The quantitative estimate of drug-likeness (QED) is 0.441. The van der Waals surface area contributed by atoms with Crippen molar-refractivity contribution in [1.29, 1.82) is 0 Å². The Balaban J connectivity index is 1.18. The predicted octanol–water partition coefficient (Wildman–Crippen LogP) is 5.36. The highest BCUT2D eigenvalue weighted by molar-refractivity contribution is 7.18. The number of β-amino-alcohol motifs (C(OH)–C–C–N with tert-alkyl or cyclic N) is 1. The number of hydrogen-bond donors (Lipinski definition) is 1. The van der Waals surface area contributed by atoms with E-state index in [4.69, 9.17) is 14.1 Å². The molecule has 0 unspecified atom stereocenters. The third-order valence-corrected chi connectivity index (χ3v) is 7.52. The first kappa shape index (κ1) is 20.5. The van der Waals surface area contributed by atoms with Crippen molar-refractivity contribution in [2.75, 3.05) is 19.7 Å². The van der Waals surface area contributed by atoms with Gasteiger partial charge in [-0.25, -0.2) is 4.98 Å². The number of aliphatic hydroxyl groups is 1. The van der Waals surface area contributed by atoms with Crippen LogP contribution in [0.25, 0.3) is 21.2 Å². The summed E-state index contributed by atoms with van der Waals surface area (Å²) in [4.78, 5) is 7.34. The van der Waals surface area contributed by atoms with Gasteiger partial charge in [-0.2, -0.15) is 0 Å². The molecule has 31 heavy (non-hydrogen) atoms. The van der Waals surface area contributed by atoms with Gasteiger partial charge in [0.1, 0.15) is 24.0 Å². The van der Waals surface area contributed by atoms with Gasteiger partial charge in [0.15, 0.2) is 0 Å². The van der Waals surface area contributed by atoms with Gasteiger partial charge >= 0.3 is 0 Å². The van der Waals surface area contributed by atoms with Crippen molar-refractivity contribution in [3.8, 4) is 5.75 Å². The Morgan fingerprint density at radius 3 is 2.97 bits per heavy atom. The molecular formula is C25H28N2O3S. The fourth-order valence-electron chi connectivity index (χ4n) is 4.60. The van der Waals surface area contributed by atoms with E-state index in [0.29, 0.717) is 18.5 Å². The molecule has 162 valence electrons. The largest absolute Gasteiger partial charge is 0.490 e. The van der Waals surface area contributed by atoms with E-state index >= 15 is 0 Å². The van der Waals surface area contributed by atoms with Crippen LogP contribution in [0.5, 0.6) is 5.75 Å². The van der Waals surface area contributed by atoms with Crippen LogP contribution in [-0.4, -0.2) is 46.8 Å². The Kier molecular flexibility index (Phi) is 5.69. The molecule has 0 amide bonds. The second-order valence-electron chi connectivity index (χ2n) is 8.59. The van der Waals surface area contributed by atoms with Gasteiger partial charge in [-0.3, -0.25) is 4.90 Å². The Morgan fingerprint density at radius 1 is 1.26 bits per heavy atom. The highest BCUT2D eigenvalue weighted by Gasteiger charge is 2.29. The van der Waals surface area contributed by atoms with E-state index in [2.05, 4.69) is 36.9 Å². The first-order valence-electron chi connectivity index (χ1n) is 11.0. The number of piperidine rings is 1. The summed E-state index contributed by atoms with van der Waals surface area (Å²) in [6, 6.07) is 14.4. The number of para-hydroxylation sites is 1. The standard InChI is InChI=1S/C25H28N2O3S/c1-16-5-3-8-23-24(16)26-25(31-23)18-9-11-27(17(2)13-18)14-19(28)15-30-22-7-4-6-21-20(22)10-12-29-21/h3-8,10,12,17-19,28H,9,11,13-15H2,1-2H3/t17-,18-,19-/m0/s1. The van der Waals surface area contributed by atoms with E-state index in [-0.39, 0.29) is 6.61 Å². The van der Waals surface area contributed by atoms with Crippen molar-refractivity contribution in [3.05, 3.63) is 59.3 Å². The second-order valence-corrected chi connectivity index (χ2v) is 9.65. The summed E-state index contributed by atoms with van der Waals surface area (Å²) >= 11 is 1.84. The van der Waals surface area contributed by atoms with Crippen molar-refractivity contribution < 1.29 is 14.3 Å². The number of aliphatic hydroxyl groups excluding tert-OH is 1. The molecule has 0 spiro atoms. The van der Waals surface area contributed by atoms with E-state index in [1.54, 1.807) is 6.26 Å². The van der Waals surface area contributed by atoms with Crippen LogP contribution in [0.3, 0.4) is 0 Å². The molecule has 1 aliphatic heterocycles. The first-order chi connectivity index (χ1) is 15.1. The topological polar surface area (TPSA) is 58.7 Å². The van der Waals surface area contributed by atoms with Gasteiger partial charge in [0.25, 0.3) is 0 Å². The van der Waals surface area contributed by atoms with Gasteiger partial charge in [-0.1, -0.05) is 18.2 Å². The number of fused-ring (bicyclic) bond motifs is 2. The molecule has 6 heteroatoms. The lowest BCUT2D eigenvalue weighted by Gasteiger charge is -2.38. The van der Waals surface area contributed by atoms with Crippen LogP contribution < -0.4 is 4.74 Å². The first-order valence-corrected chi connectivity index (χ1v) is 11.8. The Morgan fingerprint density at radius 2 is 2.13 bits per heavy atom. The van der Waals surface area contributed by atoms with Crippen molar-refractivity contribution >= 4 is 32.5 Å². The lowest BCUT2D eigenvalue weighted by Crippen LogP contribution is -2.45. The number of nitrogens with zero attached hydrogens (tertiary/aromatic N) is 2. The van der Waals surface area contributed by atoms with E-state index in [9.17, 15) is 5.11 Å². The van der Waals surface area contributed by atoms with E-state index in [1.165, 1.54) is 15.3 Å². The van der Waals surface area contributed by atoms with Crippen LogP contribution in [0.2, 0.25) is 0 Å². The minimum atomic E-state index is -0.536. The Labute approximate surface area is 186 Å². The average Bonchev–Trinajstić information content (AvgIpc) is 3.41. The van der Waals surface area contributed by atoms with Crippen LogP contribution in [0.1, 0.15) is 36.3 Å². The summed E-state index contributed by atoms with van der Waals surface area (Å²) in [5.41, 5.74) is 3.20. The van der Waals surface area contributed by atoms with E-state index in [1.807, 2.05) is 35.6 Å². The molecule has 0 bridgehead atoms. The zero-order valence-corrected chi connectivity index (χ0v) is 18.8. The molecule has 4 aromatic rings. The number of aryl methyl sites for hydroxylation is 1.